The summed E-state index contributed by atoms with van der Waals surface area (Å²) in [6.45, 7) is 2.81. The summed E-state index contributed by atoms with van der Waals surface area (Å²) in [6, 6.07) is 15.1. The molecule has 118 valence electrons. The van der Waals surface area contributed by atoms with E-state index in [1.165, 1.54) is 16.3 Å². The Morgan fingerprint density at radius 2 is 1.82 bits per heavy atom. The van der Waals surface area contributed by atoms with E-state index in [1.807, 2.05) is 11.8 Å². The third-order valence-electron chi connectivity index (χ3n) is 3.82. The van der Waals surface area contributed by atoms with Crippen molar-refractivity contribution in [1.82, 2.24) is 4.90 Å². The molecule has 5 heteroatoms. The lowest BCUT2D eigenvalue weighted by molar-refractivity contribution is 0.456. The van der Waals surface area contributed by atoms with Gasteiger partial charge in [0.2, 0.25) is 0 Å². The summed E-state index contributed by atoms with van der Waals surface area (Å²) in [5, 5.41) is 2.58. The third-order valence-corrected chi connectivity index (χ3v) is 4.77. The van der Waals surface area contributed by atoms with Gasteiger partial charge in [0.1, 0.15) is 0 Å². The van der Waals surface area contributed by atoms with Gasteiger partial charge in [-0.15, -0.1) is 24.0 Å². The van der Waals surface area contributed by atoms with Gasteiger partial charge in [-0.2, -0.15) is 11.8 Å². The lowest BCUT2D eigenvalue weighted by Gasteiger charge is -2.27. The molecule has 2 N–H and O–H groups in total. The molecule has 1 heterocycles. The molecule has 0 unspecified atom stereocenters. The number of aliphatic imine (C=N–C) groups is 1. The summed E-state index contributed by atoms with van der Waals surface area (Å²) in [7, 11) is 0. The van der Waals surface area contributed by atoms with Crippen LogP contribution in [0.3, 0.4) is 0 Å². The molecule has 0 radical (unpaired) electrons. The Hall–Kier alpha value is -0.950. The lowest BCUT2D eigenvalue weighted by atomic mass is 10.1. The van der Waals surface area contributed by atoms with Crippen molar-refractivity contribution in [2.45, 2.75) is 6.42 Å². The van der Waals surface area contributed by atoms with Gasteiger partial charge in [0, 0.05) is 31.1 Å². The van der Waals surface area contributed by atoms with Crippen molar-refractivity contribution in [3.05, 3.63) is 48.0 Å². The van der Waals surface area contributed by atoms with Crippen LogP contribution in [0.15, 0.2) is 47.5 Å². The van der Waals surface area contributed by atoms with E-state index < -0.39 is 0 Å². The van der Waals surface area contributed by atoms with Gasteiger partial charge in [-0.05, 0) is 22.8 Å². The number of nitrogens with two attached hydrogens (primary N) is 1. The molecule has 3 rings (SSSR count). The van der Waals surface area contributed by atoms with Gasteiger partial charge in [0.25, 0.3) is 0 Å². The highest BCUT2D eigenvalue weighted by molar-refractivity contribution is 14.0. The first-order valence-corrected chi connectivity index (χ1v) is 8.59. The second kappa shape index (κ2) is 8.62. The first-order valence-electron chi connectivity index (χ1n) is 7.43. The molecule has 2 aromatic carbocycles. The maximum absolute atomic E-state index is 6.07. The normalized spacial score (nSPS) is 15.6. The minimum absolute atomic E-state index is 0. The van der Waals surface area contributed by atoms with Crippen LogP contribution in [-0.2, 0) is 6.42 Å². The Labute approximate surface area is 153 Å². The van der Waals surface area contributed by atoms with E-state index in [2.05, 4.69) is 52.4 Å². The van der Waals surface area contributed by atoms with Gasteiger partial charge < -0.3 is 10.6 Å². The molecule has 0 bridgehead atoms. The number of rotatable bonds is 3. The lowest BCUT2D eigenvalue weighted by Crippen LogP contribution is -2.42. The van der Waals surface area contributed by atoms with E-state index in [1.54, 1.807) is 0 Å². The highest BCUT2D eigenvalue weighted by Crippen LogP contribution is 2.16. The summed E-state index contributed by atoms with van der Waals surface area (Å²) in [5.41, 5.74) is 7.39. The third kappa shape index (κ3) is 4.52. The van der Waals surface area contributed by atoms with E-state index in [0.29, 0.717) is 5.96 Å². The van der Waals surface area contributed by atoms with Crippen molar-refractivity contribution in [3.8, 4) is 0 Å². The standard InChI is InChI=1S/C17H21N3S.HI/c18-17(20-9-11-21-12-10-20)19-8-7-14-5-6-15-3-1-2-4-16(15)13-14;/h1-6,13H,7-12H2,(H2,18,19);1H. The molecule has 1 aliphatic rings. The number of hydrogen-bond donors (Lipinski definition) is 1. The molecule has 0 spiro atoms. The highest BCUT2D eigenvalue weighted by atomic mass is 127. The van der Waals surface area contributed by atoms with E-state index >= 15 is 0 Å². The molecule has 0 atom stereocenters. The molecule has 0 saturated carbocycles. The molecule has 1 saturated heterocycles. The molecule has 1 aliphatic heterocycles. The average Bonchev–Trinajstić information content (AvgIpc) is 2.55. The Morgan fingerprint density at radius 3 is 2.59 bits per heavy atom. The first-order chi connectivity index (χ1) is 10.3. The van der Waals surface area contributed by atoms with E-state index in [0.717, 1.165) is 37.6 Å². The van der Waals surface area contributed by atoms with E-state index in [9.17, 15) is 0 Å². The van der Waals surface area contributed by atoms with Gasteiger partial charge in [-0.25, -0.2) is 0 Å². The van der Waals surface area contributed by atoms with Crippen LogP contribution >= 0.6 is 35.7 Å². The maximum Gasteiger partial charge on any atom is 0.191 e. The molecule has 0 aromatic heterocycles. The van der Waals surface area contributed by atoms with Crippen LogP contribution < -0.4 is 5.73 Å². The van der Waals surface area contributed by atoms with Crippen LogP contribution in [0, 0.1) is 0 Å². The fourth-order valence-electron chi connectivity index (χ4n) is 2.59. The average molecular weight is 427 g/mol. The van der Waals surface area contributed by atoms with Crippen LogP contribution in [0.2, 0.25) is 0 Å². The van der Waals surface area contributed by atoms with Crippen molar-refractivity contribution in [3.63, 3.8) is 0 Å². The van der Waals surface area contributed by atoms with Gasteiger partial charge in [0.05, 0.1) is 0 Å². The van der Waals surface area contributed by atoms with Crippen molar-refractivity contribution in [2.24, 2.45) is 10.7 Å². The Balaban J connectivity index is 0.00000176. The summed E-state index contributed by atoms with van der Waals surface area (Å²) >= 11 is 1.99. The van der Waals surface area contributed by atoms with E-state index in [4.69, 9.17) is 5.73 Å². The molecule has 0 aliphatic carbocycles. The predicted octanol–water partition coefficient (Wildman–Crippen LogP) is 3.36. The number of fused-ring (bicyclic) bond motifs is 1. The van der Waals surface area contributed by atoms with Gasteiger partial charge in [0.15, 0.2) is 5.96 Å². The molecule has 3 nitrogen and oxygen atoms in total. The number of guanidine groups is 1. The number of hydrogen-bond acceptors (Lipinski definition) is 2. The Bertz CT molecular complexity index is 639. The topological polar surface area (TPSA) is 41.6 Å². The fraction of sp³-hybridized carbons (Fsp3) is 0.353. The smallest absolute Gasteiger partial charge is 0.191 e. The zero-order chi connectivity index (χ0) is 14.5. The minimum Gasteiger partial charge on any atom is -0.370 e. The van der Waals surface area contributed by atoms with Gasteiger partial charge >= 0.3 is 0 Å². The Kier molecular flexibility index (Phi) is 6.82. The number of benzene rings is 2. The summed E-state index contributed by atoms with van der Waals surface area (Å²) in [6.07, 6.45) is 0.939. The number of halogens is 1. The van der Waals surface area contributed by atoms with Crippen LogP contribution in [0.4, 0.5) is 0 Å². The molecule has 1 fully saturated rings. The number of nitrogens with zero attached hydrogens (tertiary/aromatic N) is 2. The van der Waals surface area contributed by atoms with Crippen LogP contribution in [-0.4, -0.2) is 42.0 Å². The van der Waals surface area contributed by atoms with Crippen LogP contribution in [0.25, 0.3) is 10.8 Å². The monoisotopic (exact) mass is 427 g/mol. The predicted molar refractivity (Wildman–Crippen MR) is 108 cm³/mol. The Morgan fingerprint density at radius 1 is 1.09 bits per heavy atom. The molecular formula is C17H22IN3S. The number of thioether (sulfide) groups is 1. The largest absolute Gasteiger partial charge is 0.370 e. The summed E-state index contributed by atoms with van der Waals surface area (Å²) < 4.78 is 0. The zero-order valence-corrected chi connectivity index (χ0v) is 15.7. The van der Waals surface area contributed by atoms with Crippen molar-refractivity contribution >= 4 is 52.5 Å². The van der Waals surface area contributed by atoms with Gasteiger partial charge in [-0.3, -0.25) is 4.99 Å². The second-order valence-corrected chi connectivity index (χ2v) is 6.50. The first kappa shape index (κ1) is 17.4. The van der Waals surface area contributed by atoms with Crippen LogP contribution in [0.1, 0.15) is 5.56 Å². The fourth-order valence-corrected chi connectivity index (χ4v) is 3.49. The molecular weight excluding hydrogens is 405 g/mol. The molecule has 2 aromatic rings. The minimum atomic E-state index is 0. The molecule has 22 heavy (non-hydrogen) atoms. The SMILES string of the molecule is I.NC(=NCCc1ccc2ccccc2c1)N1CCSCC1. The summed E-state index contributed by atoms with van der Waals surface area (Å²) in [5.74, 6) is 3.01. The highest BCUT2D eigenvalue weighted by Gasteiger charge is 2.11. The second-order valence-electron chi connectivity index (χ2n) is 5.27. The zero-order valence-electron chi connectivity index (χ0n) is 12.6. The van der Waals surface area contributed by atoms with Gasteiger partial charge in [-0.1, -0.05) is 42.5 Å². The quantitative estimate of drug-likeness (QED) is 0.464. The van der Waals surface area contributed by atoms with Crippen molar-refractivity contribution < 1.29 is 0 Å². The van der Waals surface area contributed by atoms with Crippen LogP contribution in [0.5, 0.6) is 0 Å². The van der Waals surface area contributed by atoms with E-state index in [-0.39, 0.29) is 24.0 Å². The summed E-state index contributed by atoms with van der Waals surface area (Å²) in [4.78, 5) is 6.73. The van der Waals surface area contributed by atoms with Crippen molar-refractivity contribution in [2.75, 3.05) is 31.1 Å². The molecule has 0 amide bonds. The van der Waals surface area contributed by atoms with Crippen molar-refractivity contribution in [1.29, 1.82) is 0 Å². The maximum atomic E-state index is 6.07.